The van der Waals surface area contributed by atoms with E-state index in [4.69, 9.17) is 0 Å². The maximum absolute atomic E-state index is 13.3. The molecule has 0 saturated heterocycles. The second kappa shape index (κ2) is 6.84. The van der Waals surface area contributed by atoms with Crippen molar-refractivity contribution in [1.29, 1.82) is 0 Å². The van der Waals surface area contributed by atoms with Crippen molar-refractivity contribution in [3.8, 4) is 0 Å². The van der Waals surface area contributed by atoms with E-state index in [0.29, 0.717) is 12.8 Å². The van der Waals surface area contributed by atoms with Gasteiger partial charge in [-0.05, 0) is 24.6 Å². The van der Waals surface area contributed by atoms with E-state index >= 15 is 0 Å². The lowest BCUT2D eigenvalue weighted by molar-refractivity contribution is -0.121. The van der Waals surface area contributed by atoms with E-state index < -0.39 is 11.6 Å². The predicted octanol–water partition coefficient (Wildman–Crippen LogP) is 2.86. The van der Waals surface area contributed by atoms with Crippen LogP contribution in [0, 0.1) is 11.6 Å². The van der Waals surface area contributed by atoms with Crippen LogP contribution >= 0.6 is 0 Å². The third-order valence-corrected chi connectivity index (χ3v) is 2.98. The van der Waals surface area contributed by atoms with Crippen molar-refractivity contribution in [3.05, 3.63) is 59.9 Å². The normalized spacial score (nSPS) is 10.5. The molecule has 20 heavy (non-hydrogen) atoms. The molecule has 0 aliphatic heterocycles. The summed E-state index contributed by atoms with van der Waals surface area (Å²) in [5.74, 6) is -1.40. The highest BCUT2D eigenvalue weighted by Crippen LogP contribution is 2.09. The quantitative estimate of drug-likeness (QED) is 0.866. The van der Waals surface area contributed by atoms with Gasteiger partial charge in [0.15, 0.2) is 0 Å². The Hall–Kier alpha value is -2.17. The van der Waals surface area contributed by atoms with Crippen molar-refractivity contribution < 1.29 is 13.6 Å². The number of carbonyl (C=O) groups is 1. The maximum Gasteiger partial charge on any atom is 0.220 e. The van der Waals surface area contributed by atoms with Crippen LogP contribution in [-0.4, -0.2) is 10.5 Å². The summed E-state index contributed by atoms with van der Waals surface area (Å²) in [7, 11) is 0. The smallest absolute Gasteiger partial charge is 0.220 e. The Morgan fingerprint density at radius 3 is 2.65 bits per heavy atom. The minimum Gasteiger partial charge on any atom is -0.354 e. The maximum atomic E-state index is 13.3. The molecule has 0 fully saturated rings. The van der Waals surface area contributed by atoms with Gasteiger partial charge in [-0.25, -0.2) is 8.78 Å². The molecule has 1 N–H and O–H groups in total. The lowest BCUT2D eigenvalue weighted by atomic mass is 10.2. The molecule has 0 aliphatic carbocycles. The molecule has 1 aromatic carbocycles. The number of halogens is 2. The molecule has 0 saturated carbocycles. The highest BCUT2D eigenvalue weighted by molar-refractivity contribution is 5.75. The van der Waals surface area contributed by atoms with Gasteiger partial charge in [-0.2, -0.15) is 0 Å². The summed E-state index contributed by atoms with van der Waals surface area (Å²) in [6.45, 7) is 0.847. The van der Waals surface area contributed by atoms with E-state index in [1.165, 1.54) is 12.1 Å². The highest BCUT2D eigenvalue weighted by Gasteiger charge is 2.06. The third-order valence-electron chi connectivity index (χ3n) is 2.98. The second-order valence-corrected chi connectivity index (χ2v) is 4.54. The van der Waals surface area contributed by atoms with E-state index in [0.717, 1.165) is 12.6 Å². The first-order valence-corrected chi connectivity index (χ1v) is 6.46. The Bertz CT molecular complexity index is 567. The Labute approximate surface area is 116 Å². The largest absolute Gasteiger partial charge is 0.354 e. The number of benzene rings is 1. The van der Waals surface area contributed by atoms with Crippen LogP contribution in [0.2, 0.25) is 0 Å². The lowest BCUT2D eigenvalue weighted by Gasteiger charge is -2.07. The Kier molecular flexibility index (Phi) is 4.87. The number of amides is 1. The lowest BCUT2D eigenvalue weighted by Crippen LogP contribution is -2.23. The third kappa shape index (κ3) is 4.19. The summed E-state index contributed by atoms with van der Waals surface area (Å²) >= 11 is 0. The molecule has 3 nitrogen and oxygen atoms in total. The van der Waals surface area contributed by atoms with Gasteiger partial charge in [0.05, 0.1) is 0 Å². The molecule has 1 heterocycles. The molecule has 2 aromatic rings. The van der Waals surface area contributed by atoms with E-state index in [-0.39, 0.29) is 18.0 Å². The fraction of sp³-hybridized carbons (Fsp3) is 0.267. The molecule has 0 bridgehead atoms. The van der Waals surface area contributed by atoms with Crippen molar-refractivity contribution >= 4 is 5.91 Å². The molecule has 1 amide bonds. The van der Waals surface area contributed by atoms with Gasteiger partial charge in [0.25, 0.3) is 0 Å². The zero-order valence-electron chi connectivity index (χ0n) is 11.0. The molecular weight excluding hydrogens is 262 g/mol. The number of hydrogen-bond acceptors (Lipinski definition) is 1. The predicted molar refractivity (Wildman–Crippen MR) is 71.9 cm³/mol. The van der Waals surface area contributed by atoms with Crippen LogP contribution in [0.4, 0.5) is 8.78 Å². The van der Waals surface area contributed by atoms with E-state index in [9.17, 15) is 13.6 Å². The fourth-order valence-corrected chi connectivity index (χ4v) is 1.89. The molecule has 5 heteroatoms. The van der Waals surface area contributed by atoms with Crippen LogP contribution < -0.4 is 5.32 Å². The first kappa shape index (κ1) is 14.2. The summed E-state index contributed by atoms with van der Waals surface area (Å²) in [5.41, 5.74) is 0.283. The molecule has 106 valence electrons. The molecule has 0 aliphatic rings. The Morgan fingerprint density at radius 1 is 1.20 bits per heavy atom. The summed E-state index contributed by atoms with van der Waals surface area (Å²) in [6, 6.07) is 7.18. The first-order chi connectivity index (χ1) is 9.65. The number of nitrogens with zero attached hydrogens (tertiary/aromatic N) is 1. The van der Waals surface area contributed by atoms with Crippen molar-refractivity contribution in [2.75, 3.05) is 0 Å². The Balaban J connectivity index is 1.72. The number of rotatable bonds is 6. The average molecular weight is 278 g/mol. The van der Waals surface area contributed by atoms with E-state index in [1.807, 2.05) is 29.1 Å². The monoisotopic (exact) mass is 278 g/mol. The number of nitrogens with one attached hydrogen (secondary N) is 1. The van der Waals surface area contributed by atoms with Gasteiger partial charge in [-0.15, -0.1) is 0 Å². The van der Waals surface area contributed by atoms with Gasteiger partial charge in [-0.3, -0.25) is 4.79 Å². The van der Waals surface area contributed by atoms with Gasteiger partial charge in [-0.1, -0.05) is 6.07 Å². The topological polar surface area (TPSA) is 34.0 Å². The molecule has 0 spiro atoms. The summed E-state index contributed by atoms with van der Waals surface area (Å²) in [4.78, 5) is 11.6. The summed E-state index contributed by atoms with van der Waals surface area (Å²) in [5, 5.41) is 2.63. The van der Waals surface area contributed by atoms with Crippen molar-refractivity contribution in [2.45, 2.75) is 25.9 Å². The van der Waals surface area contributed by atoms with Gasteiger partial charge >= 0.3 is 0 Å². The second-order valence-electron chi connectivity index (χ2n) is 4.54. The van der Waals surface area contributed by atoms with Crippen molar-refractivity contribution in [2.24, 2.45) is 0 Å². The summed E-state index contributed by atoms with van der Waals surface area (Å²) in [6.07, 6.45) is 4.96. The minimum atomic E-state index is -0.641. The van der Waals surface area contributed by atoms with Gasteiger partial charge in [0, 0.05) is 43.5 Å². The standard InChI is InChI=1S/C15H16F2N2O/c16-13-6-5-12(14(17)10-13)11-18-15(20)4-3-9-19-7-1-2-8-19/h1-2,5-8,10H,3-4,9,11H2,(H,18,20). The van der Waals surface area contributed by atoms with Crippen LogP contribution in [0.25, 0.3) is 0 Å². The molecule has 0 atom stereocenters. The Morgan fingerprint density at radius 2 is 1.95 bits per heavy atom. The number of aromatic nitrogens is 1. The number of aryl methyl sites for hydroxylation is 1. The molecule has 0 unspecified atom stereocenters. The fourth-order valence-electron chi connectivity index (χ4n) is 1.89. The van der Waals surface area contributed by atoms with Crippen molar-refractivity contribution in [1.82, 2.24) is 9.88 Å². The molecular formula is C15H16F2N2O. The highest BCUT2D eigenvalue weighted by atomic mass is 19.1. The van der Waals surface area contributed by atoms with Crippen LogP contribution in [-0.2, 0) is 17.9 Å². The van der Waals surface area contributed by atoms with Gasteiger partial charge in [0.1, 0.15) is 11.6 Å². The SMILES string of the molecule is O=C(CCCn1cccc1)NCc1ccc(F)cc1F. The van der Waals surface area contributed by atoms with Crippen LogP contribution in [0.5, 0.6) is 0 Å². The minimum absolute atomic E-state index is 0.0778. The van der Waals surface area contributed by atoms with Gasteiger partial charge in [0.2, 0.25) is 5.91 Å². The van der Waals surface area contributed by atoms with E-state index in [2.05, 4.69) is 5.32 Å². The van der Waals surface area contributed by atoms with Gasteiger partial charge < -0.3 is 9.88 Å². The van der Waals surface area contributed by atoms with Crippen molar-refractivity contribution in [3.63, 3.8) is 0 Å². The summed E-state index contributed by atoms with van der Waals surface area (Å²) < 4.78 is 28.1. The number of hydrogen-bond donors (Lipinski definition) is 1. The van der Waals surface area contributed by atoms with Crippen LogP contribution in [0.3, 0.4) is 0 Å². The molecule has 2 rings (SSSR count). The van der Waals surface area contributed by atoms with Crippen LogP contribution in [0.15, 0.2) is 42.7 Å². The van der Waals surface area contributed by atoms with Crippen LogP contribution in [0.1, 0.15) is 18.4 Å². The molecule has 1 aromatic heterocycles. The molecule has 0 radical (unpaired) electrons. The first-order valence-electron chi connectivity index (χ1n) is 6.46. The van der Waals surface area contributed by atoms with E-state index in [1.54, 1.807) is 0 Å². The zero-order chi connectivity index (χ0) is 14.4. The number of carbonyl (C=O) groups excluding carboxylic acids is 1. The zero-order valence-corrected chi connectivity index (χ0v) is 11.0. The average Bonchev–Trinajstić information content (AvgIpc) is 2.91.